The molecule has 0 atom stereocenters. The standard InChI is InChI=1S/C12H11FN4O/c1-8-2-4-9(5-3-8)6-16-18-12-15-7-10(13)11(14)17-12/h2-7H,1H3,(H2,14,15,17). The lowest BCUT2D eigenvalue weighted by Crippen LogP contribution is -1.99. The van der Waals surface area contributed by atoms with Crippen molar-refractivity contribution in [2.45, 2.75) is 6.92 Å². The fourth-order valence-corrected chi connectivity index (χ4v) is 1.19. The van der Waals surface area contributed by atoms with Gasteiger partial charge in [0.15, 0.2) is 11.6 Å². The molecule has 1 aromatic heterocycles. The van der Waals surface area contributed by atoms with E-state index in [2.05, 4.69) is 15.1 Å². The van der Waals surface area contributed by atoms with Crippen LogP contribution in [0.15, 0.2) is 35.6 Å². The third-order valence-electron chi connectivity index (χ3n) is 2.16. The van der Waals surface area contributed by atoms with Crippen LogP contribution in [-0.4, -0.2) is 16.2 Å². The number of anilines is 1. The molecule has 5 nitrogen and oxygen atoms in total. The quantitative estimate of drug-likeness (QED) is 0.663. The lowest BCUT2D eigenvalue weighted by atomic mass is 10.2. The molecule has 92 valence electrons. The summed E-state index contributed by atoms with van der Waals surface area (Å²) >= 11 is 0. The van der Waals surface area contributed by atoms with E-state index in [1.54, 1.807) is 0 Å². The highest BCUT2D eigenvalue weighted by molar-refractivity contribution is 5.79. The molecule has 0 aliphatic carbocycles. The minimum atomic E-state index is -0.690. The van der Waals surface area contributed by atoms with Crippen molar-refractivity contribution in [1.82, 2.24) is 9.97 Å². The Morgan fingerprint density at radius 2 is 2.06 bits per heavy atom. The zero-order valence-electron chi connectivity index (χ0n) is 9.67. The summed E-state index contributed by atoms with van der Waals surface area (Å²) in [4.78, 5) is 12.0. The van der Waals surface area contributed by atoms with Crippen molar-refractivity contribution in [1.29, 1.82) is 0 Å². The number of nitrogen functional groups attached to an aromatic ring is 1. The lowest BCUT2D eigenvalue weighted by Gasteiger charge is -1.98. The van der Waals surface area contributed by atoms with Gasteiger partial charge in [0.05, 0.1) is 12.4 Å². The average Bonchev–Trinajstić information content (AvgIpc) is 2.36. The molecule has 1 aromatic carbocycles. The molecule has 0 saturated carbocycles. The van der Waals surface area contributed by atoms with E-state index >= 15 is 0 Å². The first-order valence-electron chi connectivity index (χ1n) is 5.20. The molecule has 1 heterocycles. The summed E-state index contributed by atoms with van der Waals surface area (Å²) in [5.74, 6) is -0.963. The molecule has 6 heteroatoms. The van der Waals surface area contributed by atoms with Crippen LogP contribution < -0.4 is 10.6 Å². The zero-order valence-corrected chi connectivity index (χ0v) is 9.67. The van der Waals surface area contributed by atoms with Crippen molar-refractivity contribution in [3.63, 3.8) is 0 Å². The Labute approximate surface area is 103 Å². The van der Waals surface area contributed by atoms with Gasteiger partial charge in [-0.25, -0.2) is 4.39 Å². The summed E-state index contributed by atoms with van der Waals surface area (Å²) in [7, 11) is 0. The predicted octanol–water partition coefficient (Wildman–Crippen LogP) is 1.92. The van der Waals surface area contributed by atoms with Gasteiger partial charge in [-0.1, -0.05) is 35.0 Å². The van der Waals surface area contributed by atoms with E-state index in [4.69, 9.17) is 10.6 Å². The second-order valence-electron chi connectivity index (χ2n) is 3.62. The molecule has 0 spiro atoms. The normalized spacial score (nSPS) is 10.8. The Morgan fingerprint density at radius 3 is 2.72 bits per heavy atom. The summed E-state index contributed by atoms with van der Waals surface area (Å²) in [6, 6.07) is 7.59. The van der Waals surface area contributed by atoms with Crippen LogP contribution >= 0.6 is 0 Å². The molecule has 2 aromatic rings. The molecule has 0 fully saturated rings. The van der Waals surface area contributed by atoms with E-state index in [0.29, 0.717) is 0 Å². The fourth-order valence-electron chi connectivity index (χ4n) is 1.19. The molecular formula is C12H11FN4O. The Bertz CT molecular complexity index is 569. The van der Waals surface area contributed by atoms with Gasteiger partial charge in [-0.05, 0) is 12.5 Å². The summed E-state index contributed by atoms with van der Waals surface area (Å²) in [6.07, 6.45) is 2.43. The van der Waals surface area contributed by atoms with Crippen LogP contribution in [-0.2, 0) is 0 Å². The number of nitrogens with two attached hydrogens (primary N) is 1. The number of rotatable bonds is 3. The largest absolute Gasteiger partial charge is 0.381 e. The van der Waals surface area contributed by atoms with Crippen LogP contribution in [0, 0.1) is 12.7 Å². The third kappa shape index (κ3) is 3.00. The maximum absolute atomic E-state index is 12.8. The van der Waals surface area contributed by atoms with E-state index in [1.165, 1.54) is 6.21 Å². The summed E-state index contributed by atoms with van der Waals surface area (Å²) in [5, 5.41) is 3.68. The molecule has 0 amide bonds. The first kappa shape index (κ1) is 12.0. The number of aryl methyl sites for hydroxylation is 1. The third-order valence-corrected chi connectivity index (χ3v) is 2.16. The van der Waals surface area contributed by atoms with E-state index in [1.807, 2.05) is 31.2 Å². The first-order valence-corrected chi connectivity index (χ1v) is 5.20. The SMILES string of the molecule is Cc1ccc(C=NOc2ncc(F)c(N)n2)cc1. The molecule has 0 aliphatic heterocycles. The zero-order chi connectivity index (χ0) is 13.0. The molecule has 2 rings (SSSR count). The smallest absolute Gasteiger partial charge is 0.347 e. The predicted molar refractivity (Wildman–Crippen MR) is 65.8 cm³/mol. The van der Waals surface area contributed by atoms with E-state index in [-0.39, 0.29) is 11.8 Å². The Kier molecular flexibility index (Phi) is 3.47. The summed E-state index contributed by atoms with van der Waals surface area (Å²) in [6.45, 7) is 1.99. The van der Waals surface area contributed by atoms with E-state index < -0.39 is 5.82 Å². The van der Waals surface area contributed by atoms with Gasteiger partial charge >= 0.3 is 6.01 Å². The molecule has 0 radical (unpaired) electrons. The molecular weight excluding hydrogens is 235 g/mol. The van der Waals surface area contributed by atoms with Gasteiger partial charge < -0.3 is 10.6 Å². The number of hydrogen-bond donors (Lipinski definition) is 1. The number of oxime groups is 1. The summed E-state index contributed by atoms with van der Waals surface area (Å²) < 4.78 is 12.8. The van der Waals surface area contributed by atoms with Gasteiger partial charge in [0.1, 0.15) is 0 Å². The lowest BCUT2D eigenvalue weighted by molar-refractivity contribution is 0.314. The van der Waals surface area contributed by atoms with Crippen LogP contribution in [0.2, 0.25) is 0 Å². The van der Waals surface area contributed by atoms with Gasteiger partial charge in [-0.15, -0.1) is 0 Å². The van der Waals surface area contributed by atoms with Crippen molar-refractivity contribution >= 4 is 12.0 Å². The van der Waals surface area contributed by atoms with Gasteiger partial charge in [-0.2, -0.15) is 9.97 Å². The van der Waals surface area contributed by atoms with Crippen LogP contribution in [0.5, 0.6) is 6.01 Å². The van der Waals surface area contributed by atoms with Crippen molar-refractivity contribution < 1.29 is 9.23 Å². The highest BCUT2D eigenvalue weighted by Crippen LogP contribution is 2.09. The molecule has 0 saturated heterocycles. The Hall–Kier alpha value is -2.50. The van der Waals surface area contributed by atoms with Gasteiger partial charge in [-0.3, -0.25) is 0 Å². The number of nitrogens with zero attached hydrogens (tertiary/aromatic N) is 3. The second kappa shape index (κ2) is 5.22. The minimum Gasteiger partial charge on any atom is -0.381 e. The monoisotopic (exact) mass is 246 g/mol. The van der Waals surface area contributed by atoms with Crippen molar-refractivity contribution in [3.8, 4) is 6.01 Å². The van der Waals surface area contributed by atoms with Crippen LogP contribution in [0.3, 0.4) is 0 Å². The topological polar surface area (TPSA) is 73.4 Å². The van der Waals surface area contributed by atoms with Crippen LogP contribution in [0.1, 0.15) is 11.1 Å². The van der Waals surface area contributed by atoms with E-state index in [0.717, 1.165) is 17.3 Å². The van der Waals surface area contributed by atoms with Crippen molar-refractivity contribution in [2.24, 2.45) is 5.16 Å². The van der Waals surface area contributed by atoms with Crippen LogP contribution in [0.25, 0.3) is 0 Å². The van der Waals surface area contributed by atoms with E-state index in [9.17, 15) is 4.39 Å². The van der Waals surface area contributed by atoms with Crippen molar-refractivity contribution in [3.05, 3.63) is 47.4 Å². The van der Waals surface area contributed by atoms with Gasteiger partial charge in [0, 0.05) is 0 Å². The highest BCUT2D eigenvalue weighted by Gasteiger charge is 2.03. The second-order valence-corrected chi connectivity index (χ2v) is 3.62. The molecule has 2 N–H and O–H groups in total. The molecule has 0 bridgehead atoms. The average molecular weight is 246 g/mol. The molecule has 0 unspecified atom stereocenters. The van der Waals surface area contributed by atoms with Gasteiger partial charge in [0.25, 0.3) is 0 Å². The number of halogens is 1. The minimum absolute atomic E-state index is 0.0998. The van der Waals surface area contributed by atoms with Crippen LogP contribution in [0.4, 0.5) is 10.2 Å². The maximum atomic E-state index is 12.8. The highest BCUT2D eigenvalue weighted by atomic mass is 19.1. The maximum Gasteiger partial charge on any atom is 0.347 e. The van der Waals surface area contributed by atoms with Crippen molar-refractivity contribution in [2.75, 3.05) is 5.73 Å². The molecule has 0 aliphatic rings. The number of aromatic nitrogens is 2. The number of benzene rings is 1. The first-order chi connectivity index (χ1) is 8.65. The molecule has 18 heavy (non-hydrogen) atoms. The van der Waals surface area contributed by atoms with Gasteiger partial charge in [0.2, 0.25) is 0 Å². The Balaban J connectivity index is 2.02. The number of hydrogen-bond acceptors (Lipinski definition) is 5. The Morgan fingerprint density at radius 1 is 1.33 bits per heavy atom. The fraction of sp³-hybridized carbons (Fsp3) is 0.0833. The summed E-state index contributed by atoms with van der Waals surface area (Å²) in [5.41, 5.74) is 7.29.